The van der Waals surface area contributed by atoms with Gasteiger partial charge in [0.05, 0.1) is 6.04 Å². The van der Waals surface area contributed by atoms with Crippen molar-refractivity contribution >= 4 is 0 Å². The third-order valence-electron chi connectivity index (χ3n) is 2.44. The Labute approximate surface area is 101 Å². The molecule has 0 aliphatic heterocycles. The second-order valence-corrected chi connectivity index (χ2v) is 4.29. The van der Waals surface area contributed by atoms with Gasteiger partial charge in [0.15, 0.2) is 0 Å². The summed E-state index contributed by atoms with van der Waals surface area (Å²) in [6.45, 7) is 6.87. The molecule has 0 bridgehead atoms. The lowest BCUT2D eigenvalue weighted by Crippen LogP contribution is -2.23. The quantitative estimate of drug-likeness (QED) is 0.778. The van der Waals surface area contributed by atoms with Gasteiger partial charge in [0, 0.05) is 20.3 Å². The van der Waals surface area contributed by atoms with E-state index in [-0.39, 0.29) is 6.04 Å². The number of nitrogens with two attached hydrogens (primary N) is 1. The Kier molecular flexibility index (Phi) is 5.04. The van der Waals surface area contributed by atoms with E-state index in [1.54, 1.807) is 7.11 Å². The number of ether oxygens (including phenoxy) is 2. The van der Waals surface area contributed by atoms with Gasteiger partial charge >= 0.3 is 0 Å². The Morgan fingerprint density at radius 1 is 1.47 bits per heavy atom. The van der Waals surface area contributed by atoms with Gasteiger partial charge in [-0.25, -0.2) is 0 Å². The van der Waals surface area contributed by atoms with Crippen LogP contribution in [0, 0.1) is 0 Å². The Hall–Kier alpha value is -0.980. The standard InChI is InChI=1S/C11H21N3O3/c1-5-16-11(2,3)10-13-9(17-14-10)8(12)6-7-15-4/h8H,5-7,12H2,1-4H3. The third-order valence-corrected chi connectivity index (χ3v) is 2.44. The molecule has 2 N–H and O–H groups in total. The minimum absolute atomic E-state index is 0.298. The molecule has 0 saturated heterocycles. The highest BCUT2D eigenvalue weighted by Crippen LogP contribution is 2.23. The first kappa shape index (κ1) is 14.1. The third kappa shape index (κ3) is 3.76. The van der Waals surface area contributed by atoms with Gasteiger partial charge in [-0.15, -0.1) is 0 Å². The van der Waals surface area contributed by atoms with Crippen LogP contribution < -0.4 is 5.73 Å². The van der Waals surface area contributed by atoms with Crippen LogP contribution in [0.3, 0.4) is 0 Å². The summed E-state index contributed by atoms with van der Waals surface area (Å²) in [5, 5.41) is 3.90. The predicted octanol–water partition coefficient (Wildman–Crippen LogP) is 1.38. The minimum atomic E-state index is -0.558. The molecule has 6 nitrogen and oxygen atoms in total. The number of methoxy groups -OCH3 is 1. The fourth-order valence-corrected chi connectivity index (χ4v) is 1.42. The number of hydrogen-bond donors (Lipinski definition) is 1. The van der Waals surface area contributed by atoms with Crippen molar-refractivity contribution in [3.05, 3.63) is 11.7 Å². The Morgan fingerprint density at radius 3 is 2.76 bits per heavy atom. The first-order valence-corrected chi connectivity index (χ1v) is 5.73. The van der Waals surface area contributed by atoms with Crippen molar-refractivity contribution in [1.82, 2.24) is 10.1 Å². The fraction of sp³-hybridized carbons (Fsp3) is 0.818. The van der Waals surface area contributed by atoms with Crippen molar-refractivity contribution in [1.29, 1.82) is 0 Å². The van der Waals surface area contributed by atoms with E-state index >= 15 is 0 Å². The summed E-state index contributed by atoms with van der Waals surface area (Å²) in [5.74, 6) is 0.937. The lowest BCUT2D eigenvalue weighted by atomic mass is 10.1. The van der Waals surface area contributed by atoms with Crippen molar-refractivity contribution in [3.8, 4) is 0 Å². The molecule has 1 aromatic heterocycles. The highest BCUT2D eigenvalue weighted by molar-refractivity contribution is 4.99. The van der Waals surface area contributed by atoms with E-state index in [4.69, 9.17) is 19.7 Å². The molecule has 6 heteroatoms. The molecule has 0 aliphatic rings. The summed E-state index contributed by atoms with van der Waals surface area (Å²) < 4.78 is 15.6. The molecule has 0 spiro atoms. The minimum Gasteiger partial charge on any atom is -0.385 e. The van der Waals surface area contributed by atoms with Gasteiger partial charge in [-0.3, -0.25) is 0 Å². The van der Waals surface area contributed by atoms with Crippen molar-refractivity contribution in [2.45, 2.75) is 38.8 Å². The molecule has 1 heterocycles. The molecule has 1 rings (SSSR count). The SMILES string of the molecule is CCOC(C)(C)c1noc(C(N)CCOC)n1. The van der Waals surface area contributed by atoms with E-state index in [0.717, 1.165) is 0 Å². The molecule has 1 unspecified atom stereocenters. The lowest BCUT2D eigenvalue weighted by Gasteiger charge is -2.19. The Morgan fingerprint density at radius 2 is 2.18 bits per heavy atom. The van der Waals surface area contributed by atoms with Gasteiger partial charge in [0.1, 0.15) is 5.60 Å². The second kappa shape index (κ2) is 6.09. The summed E-state index contributed by atoms with van der Waals surface area (Å²) in [6, 6.07) is -0.298. The molecule has 0 amide bonds. The average molecular weight is 243 g/mol. The highest BCUT2D eigenvalue weighted by Gasteiger charge is 2.28. The molecule has 17 heavy (non-hydrogen) atoms. The van der Waals surface area contributed by atoms with Crippen LogP contribution in [0.15, 0.2) is 4.52 Å². The van der Waals surface area contributed by atoms with Crippen LogP contribution in [0.2, 0.25) is 0 Å². The maximum Gasteiger partial charge on any atom is 0.243 e. The zero-order valence-electron chi connectivity index (χ0n) is 10.9. The first-order chi connectivity index (χ1) is 8.01. The topological polar surface area (TPSA) is 83.4 Å². The molecule has 0 saturated carbocycles. The van der Waals surface area contributed by atoms with Crippen molar-refractivity contribution in [2.75, 3.05) is 20.3 Å². The summed E-state index contributed by atoms with van der Waals surface area (Å²) in [7, 11) is 1.63. The van der Waals surface area contributed by atoms with Gasteiger partial charge < -0.3 is 19.7 Å². The average Bonchev–Trinajstić information content (AvgIpc) is 2.75. The van der Waals surface area contributed by atoms with Gasteiger partial charge in [0.2, 0.25) is 11.7 Å². The molecule has 0 fully saturated rings. The van der Waals surface area contributed by atoms with Gasteiger partial charge in [0.25, 0.3) is 0 Å². The van der Waals surface area contributed by atoms with Crippen LogP contribution in [-0.2, 0) is 15.1 Å². The number of rotatable bonds is 7. The number of nitrogens with zero attached hydrogens (tertiary/aromatic N) is 2. The molecule has 1 atom stereocenters. The van der Waals surface area contributed by atoms with E-state index in [9.17, 15) is 0 Å². The van der Waals surface area contributed by atoms with E-state index in [0.29, 0.717) is 31.3 Å². The van der Waals surface area contributed by atoms with Crippen LogP contribution in [-0.4, -0.2) is 30.5 Å². The van der Waals surface area contributed by atoms with E-state index in [1.165, 1.54) is 0 Å². The molecule has 0 aliphatic carbocycles. The summed E-state index contributed by atoms with van der Waals surface area (Å²) in [4.78, 5) is 4.27. The molecular formula is C11H21N3O3. The monoisotopic (exact) mass is 243 g/mol. The molecular weight excluding hydrogens is 222 g/mol. The molecule has 0 radical (unpaired) electrons. The van der Waals surface area contributed by atoms with Crippen LogP contribution in [0.1, 0.15) is 44.9 Å². The maximum atomic E-state index is 5.89. The number of aromatic nitrogens is 2. The van der Waals surface area contributed by atoms with Gasteiger partial charge in [-0.1, -0.05) is 5.16 Å². The molecule has 98 valence electrons. The second-order valence-electron chi connectivity index (χ2n) is 4.29. The smallest absolute Gasteiger partial charge is 0.243 e. The normalized spacial score (nSPS) is 13.9. The largest absolute Gasteiger partial charge is 0.385 e. The van der Waals surface area contributed by atoms with Crippen LogP contribution in [0.25, 0.3) is 0 Å². The number of hydrogen-bond acceptors (Lipinski definition) is 6. The van der Waals surface area contributed by atoms with Crippen molar-refractivity contribution < 1.29 is 14.0 Å². The van der Waals surface area contributed by atoms with Gasteiger partial charge in [-0.05, 0) is 27.2 Å². The van der Waals surface area contributed by atoms with Gasteiger partial charge in [-0.2, -0.15) is 4.98 Å². The van der Waals surface area contributed by atoms with Crippen LogP contribution >= 0.6 is 0 Å². The summed E-state index contributed by atoms with van der Waals surface area (Å²) in [6.07, 6.45) is 0.646. The summed E-state index contributed by atoms with van der Waals surface area (Å²) in [5.41, 5.74) is 5.34. The van der Waals surface area contributed by atoms with E-state index in [1.807, 2.05) is 20.8 Å². The van der Waals surface area contributed by atoms with E-state index in [2.05, 4.69) is 10.1 Å². The van der Waals surface area contributed by atoms with Crippen LogP contribution in [0.4, 0.5) is 0 Å². The predicted molar refractivity (Wildman–Crippen MR) is 62.4 cm³/mol. The Bertz CT molecular complexity index is 338. The maximum absolute atomic E-state index is 5.89. The van der Waals surface area contributed by atoms with Crippen molar-refractivity contribution in [3.63, 3.8) is 0 Å². The Balaban J connectivity index is 2.70. The lowest BCUT2D eigenvalue weighted by molar-refractivity contribution is -0.0221. The van der Waals surface area contributed by atoms with Crippen LogP contribution in [0.5, 0.6) is 0 Å². The molecule has 0 aromatic carbocycles. The summed E-state index contributed by atoms with van der Waals surface area (Å²) >= 11 is 0. The first-order valence-electron chi connectivity index (χ1n) is 5.73. The fourth-order valence-electron chi connectivity index (χ4n) is 1.42. The molecule has 1 aromatic rings. The zero-order chi connectivity index (χ0) is 12.9. The van der Waals surface area contributed by atoms with E-state index < -0.39 is 5.60 Å². The zero-order valence-corrected chi connectivity index (χ0v) is 10.9. The highest BCUT2D eigenvalue weighted by atomic mass is 16.5. The van der Waals surface area contributed by atoms with Crippen molar-refractivity contribution in [2.24, 2.45) is 5.73 Å².